The van der Waals surface area contributed by atoms with Crippen molar-refractivity contribution in [3.8, 4) is 11.6 Å². The molecule has 1 atom stereocenters. The summed E-state index contributed by atoms with van der Waals surface area (Å²) in [4.78, 5) is 14.9. The standard InChI is InChI=1S/C21H23N7O2S/c1-2-27-20(16-8-6-12-30-16)24-25-21(27)31-14-18(29)26-10-5-7-15(13-26)19-23-22-17-9-3-4-11-28(17)19/h3-4,6,8-9,11-12,15H,2,5,7,10,13-14H2,1H3. The zero-order valence-corrected chi connectivity index (χ0v) is 18.0. The lowest BCUT2D eigenvalue weighted by molar-refractivity contribution is -0.129. The van der Waals surface area contributed by atoms with Gasteiger partial charge in [-0.25, -0.2) is 0 Å². The molecule has 1 fully saturated rings. The number of aromatic nitrogens is 6. The summed E-state index contributed by atoms with van der Waals surface area (Å²) in [5.74, 6) is 2.89. The number of amides is 1. The molecule has 0 bridgehead atoms. The molecule has 1 aliphatic rings. The number of likely N-dealkylation sites (tertiary alicyclic amines) is 1. The molecule has 0 saturated carbocycles. The van der Waals surface area contributed by atoms with Crippen LogP contribution < -0.4 is 0 Å². The number of thioether (sulfide) groups is 1. The zero-order chi connectivity index (χ0) is 21.2. The minimum Gasteiger partial charge on any atom is -0.461 e. The van der Waals surface area contributed by atoms with Crippen LogP contribution >= 0.6 is 11.8 Å². The van der Waals surface area contributed by atoms with Gasteiger partial charge in [-0.2, -0.15) is 0 Å². The zero-order valence-electron chi connectivity index (χ0n) is 17.2. The summed E-state index contributed by atoms with van der Waals surface area (Å²) in [6.45, 7) is 4.16. The van der Waals surface area contributed by atoms with Crippen molar-refractivity contribution in [2.75, 3.05) is 18.8 Å². The van der Waals surface area contributed by atoms with Gasteiger partial charge in [0, 0.05) is 31.7 Å². The second-order valence-electron chi connectivity index (χ2n) is 7.48. The largest absolute Gasteiger partial charge is 0.461 e. The molecular formula is C21H23N7O2S. The van der Waals surface area contributed by atoms with E-state index in [-0.39, 0.29) is 11.8 Å². The van der Waals surface area contributed by atoms with Crippen LogP contribution in [0.5, 0.6) is 0 Å². The maximum absolute atomic E-state index is 13.0. The first kappa shape index (κ1) is 19.8. The number of hydrogen-bond acceptors (Lipinski definition) is 7. The Balaban J connectivity index is 1.26. The first-order chi connectivity index (χ1) is 15.2. The van der Waals surface area contributed by atoms with Crippen molar-refractivity contribution in [3.63, 3.8) is 0 Å². The minimum atomic E-state index is 0.105. The number of rotatable bonds is 6. The number of piperidine rings is 1. The highest BCUT2D eigenvalue weighted by Gasteiger charge is 2.28. The van der Waals surface area contributed by atoms with Gasteiger partial charge in [0.25, 0.3) is 0 Å². The molecule has 1 aliphatic heterocycles. The second-order valence-corrected chi connectivity index (χ2v) is 8.42. The van der Waals surface area contributed by atoms with Gasteiger partial charge in [0.2, 0.25) is 5.91 Å². The summed E-state index contributed by atoms with van der Waals surface area (Å²) < 4.78 is 9.44. The fourth-order valence-corrected chi connectivity index (χ4v) is 4.94. The molecule has 0 radical (unpaired) electrons. The average molecular weight is 438 g/mol. The monoisotopic (exact) mass is 437 g/mol. The summed E-state index contributed by atoms with van der Waals surface area (Å²) in [6.07, 6.45) is 5.56. The Morgan fingerprint density at radius 1 is 1.19 bits per heavy atom. The molecule has 1 saturated heterocycles. The van der Waals surface area contributed by atoms with Crippen molar-refractivity contribution in [1.29, 1.82) is 0 Å². The van der Waals surface area contributed by atoms with E-state index >= 15 is 0 Å². The summed E-state index contributed by atoms with van der Waals surface area (Å²) in [5, 5.41) is 17.9. The van der Waals surface area contributed by atoms with Gasteiger partial charge < -0.3 is 9.32 Å². The maximum Gasteiger partial charge on any atom is 0.233 e. The maximum atomic E-state index is 13.0. The topological polar surface area (TPSA) is 94.4 Å². The van der Waals surface area contributed by atoms with E-state index < -0.39 is 0 Å². The number of nitrogens with zero attached hydrogens (tertiary/aromatic N) is 7. The van der Waals surface area contributed by atoms with E-state index in [0.717, 1.165) is 36.0 Å². The second kappa shape index (κ2) is 8.54. The van der Waals surface area contributed by atoms with Gasteiger partial charge in [-0.05, 0) is 44.0 Å². The molecule has 5 heterocycles. The molecule has 0 spiro atoms. The van der Waals surface area contributed by atoms with E-state index in [1.165, 1.54) is 11.8 Å². The highest BCUT2D eigenvalue weighted by Crippen LogP contribution is 2.28. The number of carbonyl (C=O) groups excluding carboxylic acids is 1. The Kier molecular flexibility index (Phi) is 5.46. The van der Waals surface area contributed by atoms with E-state index in [9.17, 15) is 4.79 Å². The van der Waals surface area contributed by atoms with Crippen LogP contribution in [0.4, 0.5) is 0 Å². The van der Waals surface area contributed by atoms with E-state index in [4.69, 9.17) is 4.42 Å². The van der Waals surface area contributed by atoms with Crippen LogP contribution in [-0.2, 0) is 11.3 Å². The van der Waals surface area contributed by atoms with Crippen molar-refractivity contribution in [2.45, 2.75) is 37.4 Å². The molecule has 31 heavy (non-hydrogen) atoms. The predicted octanol–water partition coefficient (Wildman–Crippen LogP) is 3.10. The molecular weight excluding hydrogens is 414 g/mol. The molecule has 10 heteroatoms. The Bertz CT molecular complexity index is 1180. The third-order valence-electron chi connectivity index (χ3n) is 5.58. The van der Waals surface area contributed by atoms with E-state index in [2.05, 4.69) is 20.4 Å². The van der Waals surface area contributed by atoms with E-state index in [0.29, 0.717) is 30.4 Å². The lowest BCUT2D eigenvalue weighted by atomic mass is 9.97. The number of pyridine rings is 1. The van der Waals surface area contributed by atoms with Gasteiger partial charge in [0.1, 0.15) is 5.82 Å². The fourth-order valence-electron chi connectivity index (χ4n) is 4.04. The number of carbonyl (C=O) groups is 1. The van der Waals surface area contributed by atoms with Crippen LogP contribution in [0, 0.1) is 0 Å². The van der Waals surface area contributed by atoms with Crippen LogP contribution in [-0.4, -0.2) is 59.0 Å². The van der Waals surface area contributed by atoms with Gasteiger partial charge in [-0.15, -0.1) is 20.4 Å². The van der Waals surface area contributed by atoms with Crippen LogP contribution in [0.15, 0.2) is 52.4 Å². The molecule has 5 rings (SSSR count). The van der Waals surface area contributed by atoms with Crippen molar-refractivity contribution in [1.82, 2.24) is 34.3 Å². The van der Waals surface area contributed by atoms with Crippen LogP contribution in [0.2, 0.25) is 0 Å². The van der Waals surface area contributed by atoms with Gasteiger partial charge in [-0.1, -0.05) is 17.8 Å². The average Bonchev–Trinajstić information content (AvgIpc) is 3.56. The molecule has 0 aromatic carbocycles. The molecule has 4 aromatic heterocycles. The van der Waals surface area contributed by atoms with Crippen molar-refractivity contribution in [2.24, 2.45) is 0 Å². The molecule has 160 valence electrons. The number of hydrogen-bond donors (Lipinski definition) is 0. The van der Waals surface area contributed by atoms with E-state index in [1.54, 1.807) is 6.26 Å². The summed E-state index contributed by atoms with van der Waals surface area (Å²) in [7, 11) is 0. The van der Waals surface area contributed by atoms with Gasteiger partial charge in [0.15, 0.2) is 22.4 Å². The van der Waals surface area contributed by atoms with Gasteiger partial charge in [-0.3, -0.25) is 13.8 Å². The quantitative estimate of drug-likeness (QED) is 0.428. The normalized spacial score (nSPS) is 16.8. The molecule has 0 aliphatic carbocycles. The number of furan rings is 1. The Morgan fingerprint density at radius 2 is 2.13 bits per heavy atom. The van der Waals surface area contributed by atoms with Crippen LogP contribution in [0.3, 0.4) is 0 Å². The van der Waals surface area contributed by atoms with Crippen molar-refractivity contribution in [3.05, 3.63) is 48.6 Å². The molecule has 0 N–H and O–H groups in total. The SMILES string of the molecule is CCn1c(SCC(=O)N2CCCC(c3nnc4ccccn34)C2)nnc1-c1ccco1. The molecule has 4 aromatic rings. The van der Waals surface area contributed by atoms with Gasteiger partial charge >= 0.3 is 0 Å². The summed E-state index contributed by atoms with van der Waals surface area (Å²) in [5.41, 5.74) is 0.836. The predicted molar refractivity (Wildman–Crippen MR) is 116 cm³/mol. The first-order valence-electron chi connectivity index (χ1n) is 10.4. The third kappa shape index (κ3) is 3.83. The number of fused-ring (bicyclic) bond motifs is 1. The van der Waals surface area contributed by atoms with Crippen LogP contribution in [0.25, 0.3) is 17.2 Å². The lowest BCUT2D eigenvalue weighted by Crippen LogP contribution is -2.40. The lowest BCUT2D eigenvalue weighted by Gasteiger charge is -2.32. The first-order valence-corrected chi connectivity index (χ1v) is 11.4. The molecule has 9 nitrogen and oxygen atoms in total. The minimum absolute atomic E-state index is 0.105. The Hall–Kier alpha value is -3.14. The van der Waals surface area contributed by atoms with Crippen LogP contribution in [0.1, 0.15) is 31.5 Å². The Morgan fingerprint density at radius 3 is 2.97 bits per heavy atom. The van der Waals surface area contributed by atoms with E-state index in [1.807, 2.05) is 57.3 Å². The van der Waals surface area contributed by atoms with Gasteiger partial charge in [0.05, 0.1) is 12.0 Å². The summed E-state index contributed by atoms with van der Waals surface area (Å²) >= 11 is 1.42. The highest BCUT2D eigenvalue weighted by molar-refractivity contribution is 7.99. The Labute approximate surface area is 183 Å². The molecule has 1 unspecified atom stereocenters. The van der Waals surface area contributed by atoms with Crippen molar-refractivity contribution < 1.29 is 9.21 Å². The highest BCUT2D eigenvalue weighted by atomic mass is 32.2. The fraction of sp³-hybridized carbons (Fsp3) is 0.381. The smallest absolute Gasteiger partial charge is 0.233 e. The molecule has 1 amide bonds. The third-order valence-corrected chi connectivity index (χ3v) is 6.53. The summed E-state index contributed by atoms with van der Waals surface area (Å²) in [6, 6.07) is 9.56. The van der Waals surface area contributed by atoms with Crippen molar-refractivity contribution >= 4 is 23.3 Å².